The highest BCUT2D eigenvalue weighted by Crippen LogP contribution is 2.50. The maximum atomic E-state index is 5.03. The van der Waals surface area contributed by atoms with Crippen LogP contribution >= 0.6 is 0 Å². The first-order chi connectivity index (χ1) is 30.9. The zero-order valence-corrected chi connectivity index (χ0v) is 34.8. The predicted molar refractivity (Wildman–Crippen MR) is 254 cm³/mol. The number of hydrogen-bond donors (Lipinski definition) is 0. The van der Waals surface area contributed by atoms with E-state index in [2.05, 4.69) is 121 Å². The Kier molecular flexibility index (Phi) is 9.39. The Labute approximate surface area is 366 Å². The van der Waals surface area contributed by atoms with Crippen molar-refractivity contribution in [2.24, 2.45) is 0 Å². The van der Waals surface area contributed by atoms with Crippen LogP contribution in [0.3, 0.4) is 0 Å². The summed E-state index contributed by atoms with van der Waals surface area (Å²) in [6.45, 7) is 4.64. The third-order valence-electron chi connectivity index (χ3n) is 12.1. The third kappa shape index (κ3) is 7.17. The minimum absolute atomic E-state index is 0.248. The summed E-state index contributed by atoms with van der Waals surface area (Å²) < 4.78 is 0. The molecule has 0 fully saturated rings. The average molecular weight is 809 g/mol. The highest BCUT2D eigenvalue weighted by atomic mass is 15.0. The fraction of sp³-hybridized carbons (Fsp3) is 0.0526. The van der Waals surface area contributed by atoms with Crippen LogP contribution in [-0.2, 0) is 5.41 Å². The number of aromatic nitrogens is 6. The van der Waals surface area contributed by atoms with E-state index in [9.17, 15) is 0 Å². The van der Waals surface area contributed by atoms with Gasteiger partial charge < -0.3 is 0 Å². The average Bonchev–Trinajstić information content (AvgIpc) is 3.59. The first kappa shape index (κ1) is 37.8. The standard InChI is InChI=1S/C57H40N6/c1-57(2)48-33-43(26-28-46(48)47-29-27-44(34-49(47)57)56-62-54(39-14-5-3-6-15-39)61-55(63-56)40-16-7-4-8-17-40)42-19-13-18-41(32-42)37-22-24-38(25-23-37)45-35-52(50-20-9-11-30-58-50)60-53(36-45)51-21-10-12-31-59-51/h3-36H,1-2H3. The van der Waals surface area contributed by atoms with Crippen molar-refractivity contribution in [1.82, 2.24) is 29.9 Å². The second-order valence-electron chi connectivity index (χ2n) is 16.4. The van der Waals surface area contributed by atoms with Crippen molar-refractivity contribution in [3.05, 3.63) is 218 Å². The van der Waals surface area contributed by atoms with Gasteiger partial charge in [-0.1, -0.05) is 153 Å². The Morgan fingerprint density at radius 1 is 0.286 bits per heavy atom. The summed E-state index contributed by atoms with van der Waals surface area (Å²) in [7, 11) is 0. The molecule has 0 amide bonds. The number of benzene rings is 6. The van der Waals surface area contributed by atoms with Crippen molar-refractivity contribution in [3.63, 3.8) is 0 Å². The second kappa shape index (κ2) is 15.7. The van der Waals surface area contributed by atoms with E-state index in [0.717, 1.165) is 61.7 Å². The Balaban J connectivity index is 0.899. The summed E-state index contributed by atoms with van der Waals surface area (Å²) in [5, 5.41) is 0. The first-order valence-electron chi connectivity index (χ1n) is 21.2. The van der Waals surface area contributed by atoms with Gasteiger partial charge in [-0.15, -0.1) is 0 Å². The van der Waals surface area contributed by atoms with Crippen molar-refractivity contribution in [3.8, 4) is 101 Å². The second-order valence-corrected chi connectivity index (χ2v) is 16.4. The molecule has 0 saturated carbocycles. The zero-order valence-electron chi connectivity index (χ0n) is 34.8. The quantitative estimate of drug-likeness (QED) is 0.152. The highest BCUT2D eigenvalue weighted by molar-refractivity contribution is 5.86. The van der Waals surface area contributed by atoms with E-state index in [4.69, 9.17) is 19.9 Å². The molecule has 4 heterocycles. The van der Waals surface area contributed by atoms with Crippen molar-refractivity contribution in [2.75, 3.05) is 0 Å². The number of fused-ring (bicyclic) bond motifs is 3. The SMILES string of the molecule is CC1(C)c2cc(-c3cccc(-c4ccc(-c5cc(-c6ccccn6)nc(-c6ccccn6)c5)cc4)c3)ccc2-c2ccc(-c3nc(-c4ccccc4)nc(-c4ccccc4)n3)cc21. The third-order valence-corrected chi connectivity index (χ3v) is 12.1. The molecule has 0 N–H and O–H groups in total. The van der Waals surface area contributed by atoms with Crippen LogP contribution in [0, 0.1) is 0 Å². The Morgan fingerprint density at radius 2 is 0.698 bits per heavy atom. The molecule has 4 aromatic heterocycles. The molecule has 1 aliphatic rings. The molecule has 1 aliphatic carbocycles. The van der Waals surface area contributed by atoms with Crippen molar-refractivity contribution >= 4 is 0 Å². The molecule has 0 aliphatic heterocycles. The van der Waals surface area contributed by atoms with Gasteiger partial charge in [0.2, 0.25) is 0 Å². The maximum absolute atomic E-state index is 5.03. The Hall–Kier alpha value is -8.22. The van der Waals surface area contributed by atoms with Crippen molar-refractivity contribution < 1.29 is 0 Å². The molecule has 10 aromatic rings. The van der Waals surface area contributed by atoms with Crippen LogP contribution in [0.1, 0.15) is 25.0 Å². The van der Waals surface area contributed by atoms with E-state index in [-0.39, 0.29) is 5.41 Å². The smallest absolute Gasteiger partial charge is 0.164 e. The Morgan fingerprint density at radius 3 is 1.22 bits per heavy atom. The lowest BCUT2D eigenvalue weighted by Gasteiger charge is -2.22. The molecule has 298 valence electrons. The topological polar surface area (TPSA) is 77.3 Å². The van der Waals surface area contributed by atoms with Crippen LogP contribution in [-0.4, -0.2) is 29.9 Å². The van der Waals surface area contributed by atoms with E-state index >= 15 is 0 Å². The van der Waals surface area contributed by atoms with Crippen LogP contribution in [0.4, 0.5) is 0 Å². The summed E-state index contributed by atoms with van der Waals surface area (Å²) in [6.07, 6.45) is 3.60. The molecular weight excluding hydrogens is 769 g/mol. The molecule has 0 spiro atoms. The van der Waals surface area contributed by atoms with Gasteiger partial charge in [0, 0.05) is 34.5 Å². The lowest BCUT2D eigenvalue weighted by molar-refractivity contribution is 0.661. The van der Waals surface area contributed by atoms with Gasteiger partial charge >= 0.3 is 0 Å². The number of hydrogen-bond acceptors (Lipinski definition) is 6. The summed E-state index contributed by atoms with van der Waals surface area (Å²) in [5.41, 5.74) is 17.8. The van der Waals surface area contributed by atoms with Crippen LogP contribution in [0.25, 0.3) is 101 Å². The zero-order chi connectivity index (χ0) is 42.3. The summed E-state index contributed by atoms with van der Waals surface area (Å²) in [4.78, 5) is 29.1. The molecule has 6 nitrogen and oxygen atoms in total. The van der Waals surface area contributed by atoms with Gasteiger partial charge in [0.05, 0.1) is 22.8 Å². The molecular formula is C57H40N6. The largest absolute Gasteiger partial charge is 0.255 e. The van der Waals surface area contributed by atoms with Gasteiger partial charge in [0.15, 0.2) is 17.5 Å². The van der Waals surface area contributed by atoms with Crippen molar-refractivity contribution in [1.29, 1.82) is 0 Å². The van der Waals surface area contributed by atoms with Crippen molar-refractivity contribution in [2.45, 2.75) is 19.3 Å². The van der Waals surface area contributed by atoms with E-state index in [1.807, 2.05) is 97.1 Å². The molecule has 6 aromatic carbocycles. The lowest BCUT2D eigenvalue weighted by atomic mass is 9.81. The van der Waals surface area contributed by atoms with Crippen LogP contribution in [0.2, 0.25) is 0 Å². The maximum Gasteiger partial charge on any atom is 0.164 e. The fourth-order valence-electron chi connectivity index (χ4n) is 8.72. The molecule has 6 heteroatoms. The van der Waals surface area contributed by atoms with E-state index in [1.54, 1.807) is 12.4 Å². The lowest BCUT2D eigenvalue weighted by Crippen LogP contribution is -2.15. The van der Waals surface area contributed by atoms with E-state index < -0.39 is 0 Å². The molecule has 11 rings (SSSR count). The van der Waals surface area contributed by atoms with E-state index in [1.165, 1.54) is 33.4 Å². The Bertz CT molecular complexity index is 3160. The van der Waals surface area contributed by atoms with Gasteiger partial charge in [0.1, 0.15) is 0 Å². The first-order valence-corrected chi connectivity index (χ1v) is 21.2. The van der Waals surface area contributed by atoms with Gasteiger partial charge in [-0.05, 0) is 110 Å². The molecule has 63 heavy (non-hydrogen) atoms. The van der Waals surface area contributed by atoms with Crippen LogP contribution in [0.15, 0.2) is 207 Å². The predicted octanol–water partition coefficient (Wildman–Crippen LogP) is 13.7. The summed E-state index contributed by atoms with van der Waals surface area (Å²) in [5.74, 6) is 1.97. The van der Waals surface area contributed by atoms with Gasteiger partial charge in [-0.3, -0.25) is 9.97 Å². The van der Waals surface area contributed by atoms with Crippen LogP contribution in [0.5, 0.6) is 0 Å². The van der Waals surface area contributed by atoms with Gasteiger partial charge in [-0.25, -0.2) is 19.9 Å². The minimum Gasteiger partial charge on any atom is -0.255 e. The number of pyridine rings is 3. The number of rotatable bonds is 8. The fourth-order valence-corrected chi connectivity index (χ4v) is 8.72. The monoisotopic (exact) mass is 808 g/mol. The molecule has 0 unspecified atom stereocenters. The van der Waals surface area contributed by atoms with Crippen LogP contribution < -0.4 is 0 Å². The minimum atomic E-state index is -0.248. The molecule has 0 radical (unpaired) electrons. The molecule has 0 atom stereocenters. The summed E-state index contributed by atoms with van der Waals surface area (Å²) in [6, 6.07) is 67.5. The molecule has 0 bridgehead atoms. The molecule has 0 saturated heterocycles. The normalized spacial score (nSPS) is 12.4. The van der Waals surface area contributed by atoms with E-state index in [0.29, 0.717) is 17.5 Å². The van der Waals surface area contributed by atoms with Gasteiger partial charge in [0.25, 0.3) is 0 Å². The highest BCUT2D eigenvalue weighted by Gasteiger charge is 2.36. The van der Waals surface area contributed by atoms with Gasteiger partial charge in [-0.2, -0.15) is 0 Å². The number of nitrogens with zero attached hydrogens (tertiary/aromatic N) is 6. The summed E-state index contributed by atoms with van der Waals surface area (Å²) >= 11 is 0.